The molecule has 0 N–H and O–H groups in total. The van der Waals surface area contributed by atoms with E-state index in [0.29, 0.717) is 17.4 Å². The number of halogens is 2. The zero-order valence-electron chi connectivity index (χ0n) is 9.07. The number of benzene rings is 1. The molecule has 1 aromatic heterocycles. The maximum atomic E-state index is 6.12. The van der Waals surface area contributed by atoms with Crippen molar-refractivity contribution in [3.63, 3.8) is 0 Å². The molecule has 2 aromatic rings. The van der Waals surface area contributed by atoms with E-state index < -0.39 is 0 Å². The third-order valence-corrected chi connectivity index (χ3v) is 3.24. The lowest BCUT2D eigenvalue weighted by atomic mass is 10.2. The number of hydrogen-bond donors (Lipinski definition) is 0. The zero-order valence-corrected chi connectivity index (χ0v) is 11.4. The van der Waals surface area contributed by atoms with Crippen LogP contribution in [0.25, 0.3) is 0 Å². The molecule has 0 radical (unpaired) electrons. The lowest BCUT2D eigenvalue weighted by molar-refractivity contribution is 0.306. The number of aromatic nitrogens is 1. The molecule has 17 heavy (non-hydrogen) atoms. The molecule has 1 heterocycles. The van der Waals surface area contributed by atoms with E-state index in [0.717, 1.165) is 16.5 Å². The lowest BCUT2D eigenvalue weighted by Crippen LogP contribution is -1.96. The first-order chi connectivity index (χ1) is 8.29. The third-order valence-electron chi connectivity index (χ3n) is 2.29. The quantitative estimate of drug-likeness (QED) is 0.789. The molecule has 0 unspecified atom stereocenters. The van der Waals surface area contributed by atoms with E-state index >= 15 is 0 Å². The molecule has 0 amide bonds. The van der Waals surface area contributed by atoms with Gasteiger partial charge in [-0.2, -0.15) is 0 Å². The van der Waals surface area contributed by atoms with Gasteiger partial charge in [0.1, 0.15) is 12.4 Å². The van der Waals surface area contributed by atoms with Gasteiger partial charge < -0.3 is 4.74 Å². The summed E-state index contributed by atoms with van der Waals surface area (Å²) in [5, 5.41) is 1.42. The third kappa shape index (κ3) is 3.45. The maximum Gasteiger partial charge on any atom is 0.138 e. The summed E-state index contributed by atoms with van der Waals surface area (Å²) in [5.74, 6) is 0.702. The van der Waals surface area contributed by atoms with E-state index in [-0.39, 0.29) is 0 Å². The predicted octanol–water partition coefficient (Wildman–Crippen LogP) is 4.21. The fourth-order valence-electron chi connectivity index (χ4n) is 1.38. The molecule has 0 aliphatic carbocycles. The first-order valence-corrected chi connectivity index (χ1v) is 6.65. The first-order valence-electron chi connectivity index (χ1n) is 5.15. The summed E-state index contributed by atoms with van der Waals surface area (Å²) in [6.07, 6.45) is 3.49. The summed E-state index contributed by atoms with van der Waals surface area (Å²) in [5.41, 5.74) is 2.20. The van der Waals surface area contributed by atoms with Crippen LogP contribution in [0, 0.1) is 0 Å². The Labute approximate surface area is 114 Å². The molecule has 4 heteroatoms. The van der Waals surface area contributed by atoms with Crippen molar-refractivity contribution in [1.82, 2.24) is 4.98 Å². The Bertz CT molecular complexity index is 490. The number of alkyl halides is 1. The second-order valence-corrected chi connectivity index (χ2v) is 4.51. The van der Waals surface area contributed by atoms with Crippen LogP contribution in [0.2, 0.25) is 5.02 Å². The average Bonchev–Trinajstić information content (AvgIpc) is 2.38. The molecule has 0 bridgehead atoms. The normalized spacial score (nSPS) is 10.2. The highest BCUT2D eigenvalue weighted by molar-refractivity contribution is 9.08. The molecule has 1 aromatic carbocycles. The van der Waals surface area contributed by atoms with Gasteiger partial charge >= 0.3 is 0 Å². The van der Waals surface area contributed by atoms with Gasteiger partial charge in [-0.15, -0.1) is 0 Å². The van der Waals surface area contributed by atoms with Crippen molar-refractivity contribution >= 4 is 27.5 Å². The molecule has 0 fully saturated rings. The van der Waals surface area contributed by atoms with Gasteiger partial charge in [0.25, 0.3) is 0 Å². The number of hydrogen-bond acceptors (Lipinski definition) is 2. The van der Waals surface area contributed by atoms with Gasteiger partial charge in [0.2, 0.25) is 0 Å². The van der Waals surface area contributed by atoms with Gasteiger partial charge in [0.05, 0.1) is 5.02 Å². The van der Waals surface area contributed by atoms with E-state index in [1.807, 2.05) is 30.3 Å². The Kier molecular flexibility index (Phi) is 4.40. The summed E-state index contributed by atoms with van der Waals surface area (Å²) < 4.78 is 5.65. The van der Waals surface area contributed by atoms with E-state index in [4.69, 9.17) is 16.3 Å². The van der Waals surface area contributed by atoms with Gasteiger partial charge in [-0.05, 0) is 35.4 Å². The highest BCUT2D eigenvalue weighted by Gasteiger charge is 2.03. The highest BCUT2D eigenvalue weighted by Crippen LogP contribution is 2.27. The van der Waals surface area contributed by atoms with Crippen LogP contribution in [0.3, 0.4) is 0 Å². The standard InChI is InChI=1S/C13H11BrClNO/c14-8-11-1-2-13(12(15)7-11)17-9-10-3-5-16-6-4-10/h1-7H,8-9H2. The minimum atomic E-state index is 0.496. The van der Waals surface area contributed by atoms with Crippen LogP contribution in [0.4, 0.5) is 0 Å². The summed E-state index contributed by atoms with van der Waals surface area (Å²) in [6, 6.07) is 9.61. The molecular weight excluding hydrogens is 302 g/mol. The van der Waals surface area contributed by atoms with Crippen molar-refractivity contribution in [2.45, 2.75) is 11.9 Å². The average molecular weight is 313 g/mol. The Hall–Kier alpha value is -1.06. The molecule has 2 rings (SSSR count). The largest absolute Gasteiger partial charge is 0.487 e. The minimum absolute atomic E-state index is 0.496. The SMILES string of the molecule is Clc1cc(CBr)ccc1OCc1ccncc1. The van der Waals surface area contributed by atoms with E-state index in [1.54, 1.807) is 12.4 Å². The Morgan fingerprint density at radius 3 is 2.53 bits per heavy atom. The van der Waals surface area contributed by atoms with Crippen LogP contribution in [0.1, 0.15) is 11.1 Å². The number of nitrogens with zero attached hydrogens (tertiary/aromatic N) is 1. The molecule has 0 saturated carbocycles. The van der Waals surface area contributed by atoms with Crippen LogP contribution in [-0.4, -0.2) is 4.98 Å². The fraction of sp³-hybridized carbons (Fsp3) is 0.154. The molecule has 88 valence electrons. The maximum absolute atomic E-state index is 6.12. The molecule has 2 nitrogen and oxygen atoms in total. The van der Waals surface area contributed by atoms with Gasteiger partial charge in [-0.25, -0.2) is 0 Å². The van der Waals surface area contributed by atoms with E-state index in [2.05, 4.69) is 20.9 Å². The van der Waals surface area contributed by atoms with Gasteiger partial charge in [-0.3, -0.25) is 4.98 Å². The van der Waals surface area contributed by atoms with Crippen LogP contribution in [0.5, 0.6) is 5.75 Å². The molecule has 0 saturated heterocycles. The minimum Gasteiger partial charge on any atom is -0.487 e. The monoisotopic (exact) mass is 311 g/mol. The van der Waals surface area contributed by atoms with E-state index in [1.165, 1.54) is 0 Å². The molecular formula is C13H11BrClNO. The van der Waals surface area contributed by atoms with Crippen molar-refractivity contribution < 1.29 is 4.74 Å². The predicted molar refractivity (Wildman–Crippen MR) is 72.7 cm³/mol. The smallest absolute Gasteiger partial charge is 0.138 e. The Morgan fingerprint density at radius 1 is 1.12 bits per heavy atom. The van der Waals surface area contributed by atoms with Crippen LogP contribution in [0.15, 0.2) is 42.7 Å². The molecule has 0 spiro atoms. The van der Waals surface area contributed by atoms with Crippen molar-refractivity contribution in [3.05, 3.63) is 58.9 Å². The van der Waals surface area contributed by atoms with Crippen LogP contribution >= 0.6 is 27.5 Å². The van der Waals surface area contributed by atoms with Crippen LogP contribution in [-0.2, 0) is 11.9 Å². The molecule has 0 aliphatic rings. The summed E-state index contributed by atoms with van der Waals surface area (Å²) in [6.45, 7) is 0.496. The fourth-order valence-corrected chi connectivity index (χ4v) is 1.99. The van der Waals surface area contributed by atoms with Crippen molar-refractivity contribution in [2.24, 2.45) is 0 Å². The van der Waals surface area contributed by atoms with Gasteiger partial charge in [-0.1, -0.05) is 33.6 Å². The van der Waals surface area contributed by atoms with Crippen molar-refractivity contribution in [3.8, 4) is 5.75 Å². The highest BCUT2D eigenvalue weighted by atomic mass is 79.9. The molecule has 0 atom stereocenters. The van der Waals surface area contributed by atoms with Gasteiger partial charge in [0.15, 0.2) is 0 Å². The topological polar surface area (TPSA) is 22.1 Å². The zero-order chi connectivity index (χ0) is 12.1. The second-order valence-electron chi connectivity index (χ2n) is 3.54. The van der Waals surface area contributed by atoms with Crippen molar-refractivity contribution in [2.75, 3.05) is 0 Å². The Balaban J connectivity index is 2.04. The van der Waals surface area contributed by atoms with Gasteiger partial charge in [0, 0.05) is 17.7 Å². The number of ether oxygens (including phenoxy) is 1. The Morgan fingerprint density at radius 2 is 1.88 bits per heavy atom. The second kappa shape index (κ2) is 6.03. The van der Waals surface area contributed by atoms with Crippen LogP contribution < -0.4 is 4.74 Å². The summed E-state index contributed by atoms with van der Waals surface area (Å²) in [4.78, 5) is 3.95. The summed E-state index contributed by atoms with van der Waals surface area (Å²) in [7, 11) is 0. The first kappa shape index (κ1) is 12.4. The lowest BCUT2D eigenvalue weighted by Gasteiger charge is -2.08. The van der Waals surface area contributed by atoms with Crippen molar-refractivity contribution in [1.29, 1.82) is 0 Å². The summed E-state index contributed by atoms with van der Waals surface area (Å²) >= 11 is 9.50. The van der Waals surface area contributed by atoms with E-state index in [9.17, 15) is 0 Å². The number of rotatable bonds is 4. The molecule has 0 aliphatic heterocycles. The number of pyridine rings is 1.